The number of carbonyl (C=O) groups is 1. The minimum absolute atomic E-state index is 0.219. The molecule has 1 rings (SSSR count). The second-order valence-corrected chi connectivity index (χ2v) is 5.97. The molecule has 112 valence electrons. The van der Waals surface area contributed by atoms with Crippen molar-refractivity contribution < 1.29 is 17.9 Å². The fourth-order valence-corrected chi connectivity index (χ4v) is 2.56. The molecule has 0 aliphatic rings. The number of amides is 1. The molecule has 8 heteroatoms. The third-order valence-corrected chi connectivity index (χ3v) is 3.69. The number of ether oxygens (including phenoxy) is 1. The van der Waals surface area contributed by atoms with Crippen molar-refractivity contribution >= 4 is 21.6 Å². The summed E-state index contributed by atoms with van der Waals surface area (Å²) in [5, 5.41) is 2.52. The van der Waals surface area contributed by atoms with Gasteiger partial charge < -0.3 is 15.8 Å². The first-order valence-corrected chi connectivity index (χ1v) is 7.65. The van der Waals surface area contributed by atoms with Crippen LogP contribution in [0.25, 0.3) is 0 Å². The molecule has 0 atom stereocenters. The summed E-state index contributed by atoms with van der Waals surface area (Å²) >= 11 is 0. The van der Waals surface area contributed by atoms with E-state index in [4.69, 9.17) is 10.5 Å². The Labute approximate surface area is 118 Å². The zero-order valence-corrected chi connectivity index (χ0v) is 12.1. The summed E-state index contributed by atoms with van der Waals surface area (Å²) in [5.41, 5.74) is 6.64. The van der Waals surface area contributed by atoms with E-state index in [1.54, 1.807) is 24.3 Å². The largest absolute Gasteiger partial charge is 0.399 e. The van der Waals surface area contributed by atoms with Crippen molar-refractivity contribution in [3.8, 4) is 0 Å². The van der Waals surface area contributed by atoms with Gasteiger partial charge in [-0.25, -0.2) is 13.1 Å². The first-order valence-electron chi connectivity index (χ1n) is 6.00. The van der Waals surface area contributed by atoms with Gasteiger partial charge in [0.25, 0.3) is 0 Å². The van der Waals surface area contributed by atoms with Crippen LogP contribution in [0.1, 0.15) is 5.56 Å². The molecule has 20 heavy (non-hydrogen) atoms. The predicted octanol–water partition coefficient (Wildman–Crippen LogP) is -0.549. The van der Waals surface area contributed by atoms with Gasteiger partial charge >= 0.3 is 0 Å². The lowest BCUT2D eigenvalue weighted by Crippen LogP contribution is -2.38. The molecule has 0 heterocycles. The Morgan fingerprint density at radius 2 is 2.15 bits per heavy atom. The average Bonchev–Trinajstić information content (AvgIpc) is 2.36. The van der Waals surface area contributed by atoms with E-state index < -0.39 is 15.9 Å². The summed E-state index contributed by atoms with van der Waals surface area (Å²) in [6, 6.07) is 6.59. The third-order valence-electron chi connectivity index (χ3n) is 2.39. The molecule has 0 spiro atoms. The summed E-state index contributed by atoms with van der Waals surface area (Å²) in [7, 11) is -2.06. The van der Waals surface area contributed by atoms with Crippen LogP contribution >= 0.6 is 0 Å². The second-order valence-electron chi connectivity index (χ2n) is 4.17. The molecule has 1 aromatic carbocycles. The lowest BCUT2D eigenvalue weighted by atomic mass is 10.2. The third kappa shape index (κ3) is 6.50. The molecular formula is C12H19N3O4S. The standard InChI is InChI=1S/C12H19N3O4S/c1-19-6-5-14-12(16)8-15-20(17,18)9-10-3-2-4-11(13)7-10/h2-4,7,15H,5-6,8-9,13H2,1H3,(H,14,16). The number of nitrogens with two attached hydrogens (primary N) is 1. The molecule has 0 saturated heterocycles. The van der Waals surface area contributed by atoms with Crippen LogP contribution in [0.2, 0.25) is 0 Å². The van der Waals surface area contributed by atoms with Crippen LogP contribution in [-0.4, -0.2) is 41.1 Å². The normalized spacial score (nSPS) is 11.2. The van der Waals surface area contributed by atoms with Crippen LogP contribution in [0.15, 0.2) is 24.3 Å². The second kappa shape index (κ2) is 7.83. The summed E-state index contributed by atoms with van der Waals surface area (Å²) in [4.78, 5) is 11.4. The minimum atomic E-state index is -3.57. The van der Waals surface area contributed by atoms with Crippen LogP contribution in [0, 0.1) is 0 Å². The van der Waals surface area contributed by atoms with Crippen molar-refractivity contribution in [2.75, 3.05) is 32.5 Å². The van der Waals surface area contributed by atoms with Gasteiger partial charge in [0.05, 0.1) is 18.9 Å². The van der Waals surface area contributed by atoms with E-state index in [9.17, 15) is 13.2 Å². The molecule has 0 bridgehead atoms. The van der Waals surface area contributed by atoms with Gasteiger partial charge in [-0.3, -0.25) is 4.79 Å². The maximum absolute atomic E-state index is 11.8. The smallest absolute Gasteiger partial charge is 0.235 e. The molecule has 0 radical (unpaired) electrons. The zero-order chi connectivity index (χ0) is 15.0. The number of carbonyl (C=O) groups excluding carboxylic acids is 1. The van der Waals surface area contributed by atoms with Gasteiger partial charge in [-0.2, -0.15) is 0 Å². The molecule has 0 fully saturated rings. The zero-order valence-electron chi connectivity index (χ0n) is 11.3. The molecule has 0 aromatic heterocycles. The van der Waals surface area contributed by atoms with E-state index in [-0.39, 0.29) is 12.3 Å². The van der Waals surface area contributed by atoms with E-state index in [2.05, 4.69) is 10.0 Å². The highest BCUT2D eigenvalue weighted by Crippen LogP contribution is 2.09. The van der Waals surface area contributed by atoms with Gasteiger partial charge in [0.1, 0.15) is 0 Å². The van der Waals surface area contributed by atoms with Crippen LogP contribution in [-0.2, 0) is 25.3 Å². The van der Waals surface area contributed by atoms with Gasteiger partial charge in [0.2, 0.25) is 15.9 Å². The lowest BCUT2D eigenvalue weighted by molar-refractivity contribution is -0.120. The Balaban J connectivity index is 2.44. The Hall–Kier alpha value is -1.64. The van der Waals surface area contributed by atoms with E-state index in [1.807, 2.05) is 0 Å². The molecule has 1 aromatic rings. The number of rotatable bonds is 8. The van der Waals surface area contributed by atoms with E-state index >= 15 is 0 Å². The van der Waals surface area contributed by atoms with Gasteiger partial charge in [-0.1, -0.05) is 12.1 Å². The molecule has 7 nitrogen and oxygen atoms in total. The Morgan fingerprint density at radius 1 is 1.40 bits per heavy atom. The number of hydrogen-bond donors (Lipinski definition) is 3. The predicted molar refractivity (Wildman–Crippen MR) is 76.4 cm³/mol. The summed E-state index contributed by atoms with van der Waals surface area (Å²) in [5.74, 6) is -0.623. The summed E-state index contributed by atoms with van der Waals surface area (Å²) in [6.07, 6.45) is 0. The molecule has 0 unspecified atom stereocenters. The van der Waals surface area contributed by atoms with Crippen LogP contribution in [0.5, 0.6) is 0 Å². The van der Waals surface area contributed by atoms with Crippen molar-refractivity contribution in [1.82, 2.24) is 10.0 Å². The van der Waals surface area contributed by atoms with Gasteiger partial charge in [0.15, 0.2) is 0 Å². The fourth-order valence-electron chi connectivity index (χ4n) is 1.48. The molecule has 4 N–H and O–H groups in total. The Kier molecular flexibility index (Phi) is 6.43. The number of hydrogen-bond acceptors (Lipinski definition) is 5. The van der Waals surface area contributed by atoms with Crippen LogP contribution in [0.3, 0.4) is 0 Å². The lowest BCUT2D eigenvalue weighted by Gasteiger charge is -2.08. The van der Waals surface area contributed by atoms with Crippen molar-refractivity contribution in [3.63, 3.8) is 0 Å². The molecule has 1 amide bonds. The van der Waals surface area contributed by atoms with Gasteiger partial charge in [-0.05, 0) is 17.7 Å². The maximum atomic E-state index is 11.8. The first-order chi connectivity index (χ1) is 9.43. The number of benzene rings is 1. The van der Waals surface area contributed by atoms with E-state index in [0.717, 1.165) is 0 Å². The first kappa shape index (κ1) is 16.4. The number of nitrogen functional groups attached to an aromatic ring is 1. The van der Waals surface area contributed by atoms with Crippen molar-refractivity contribution in [1.29, 1.82) is 0 Å². The quantitative estimate of drug-likeness (QED) is 0.441. The van der Waals surface area contributed by atoms with E-state index in [0.29, 0.717) is 24.4 Å². The summed E-state index contributed by atoms with van der Waals surface area (Å²) < 4.78 is 30.6. The summed E-state index contributed by atoms with van der Waals surface area (Å²) in [6.45, 7) is 0.419. The van der Waals surface area contributed by atoms with Gasteiger partial charge in [-0.15, -0.1) is 0 Å². The van der Waals surface area contributed by atoms with Crippen LogP contribution < -0.4 is 15.8 Å². The fraction of sp³-hybridized carbons (Fsp3) is 0.417. The molecule has 0 aliphatic heterocycles. The number of anilines is 1. The Bertz CT molecular complexity index is 545. The molecular weight excluding hydrogens is 282 g/mol. The minimum Gasteiger partial charge on any atom is -0.399 e. The topological polar surface area (TPSA) is 111 Å². The molecule has 0 saturated carbocycles. The monoisotopic (exact) mass is 301 g/mol. The van der Waals surface area contributed by atoms with Crippen molar-refractivity contribution in [2.45, 2.75) is 5.75 Å². The highest BCUT2D eigenvalue weighted by molar-refractivity contribution is 7.88. The van der Waals surface area contributed by atoms with E-state index in [1.165, 1.54) is 7.11 Å². The van der Waals surface area contributed by atoms with Crippen molar-refractivity contribution in [2.24, 2.45) is 0 Å². The number of methoxy groups -OCH3 is 1. The molecule has 0 aliphatic carbocycles. The average molecular weight is 301 g/mol. The number of sulfonamides is 1. The SMILES string of the molecule is COCCNC(=O)CNS(=O)(=O)Cc1cccc(N)c1. The van der Waals surface area contributed by atoms with Crippen molar-refractivity contribution in [3.05, 3.63) is 29.8 Å². The number of nitrogens with one attached hydrogen (secondary N) is 2. The van der Waals surface area contributed by atoms with Crippen LogP contribution in [0.4, 0.5) is 5.69 Å². The van der Waals surface area contributed by atoms with Gasteiger partial charge in [0, 0.05) is 19.3 Å². The maximum Gasteiger partial charge on any atom is 0.235 e. The highest BCUT2D eigenvalue weighted by Gasteiger charge is 2.13. The Morgan fingerprint density at radius 3 is 2.80 bits per heavy atom. The highest BCUT2D eigenvalue weighted by atomic mass is 32.2.